The van der Waals surface area contributed by atoms with Crippen LogP contribution in [0, 0.1) is 6.92 Å². The van der Waals surface area contributed by atoms with Crippen LogP contribution in [0.5, 0.6) is 0 Å². The van der Waals surface area contributed by atoms with Gasteiger partial charge in [0.25, 0.3) is 5.91 Å². The van der Waals surface area contributed by atoms with Crippen LogP contribution in [0.2, 0.25) is 0 Å². The standard InChI is InChI=1S/C19H21NO5S/c1-4-13-10-16(26-12(13)3)19(23)25-11-17(21)20-15-8-6-14(7-9-15)18(22)24-5-2/h6-10H,4-5,11H2,1-3H3,(H,20,21). The van der Waals surface area contributed by atoms with Crippen molar-refractivity contribution in [2.75, 3.05) is 18.5 Å². The molecule has 0 radical (unpaired) electrons. The zero-order chi connectivity index (χ0) is 19.1. The Hall–Kier alpha value is -2.67. The largest absolute Gasteiger partial charge is 0.462 e. The van der Waals surface area contributed by atoms with E-state index in [-0.39, 0.29) is 6.61 Å². The summed E-state index contributed by atoms with van der Waals surface area (Å²) in [5.41, 5.74) is 2.00. The highest BCUT2D eigenvalue weighted by Gasteiger charge is 2.15. The van der Waals surface area contributed by atoms with Gasteiger partial charge in [0.15, 0.2) is 6.61 Å². The molecule has 0 atom stereocenters. The molecule has 138 valence electrons. The first kappa shape index (κ1) is 19.7. The van der Waals surface area contributed by atoms with Crippen LogP contribution in [0.25, 0.3) is 0 Å². The Morgan fingerprint density at radius 2 is 1.73 bits per heavy atom. The Labute approximate surface area is 156 Å². The van der Waals surface area contributed by atoms with Gasteiger partial charge in [-0.15, -0.1) is 11.3 Å². The number of hydrogen-bond donors (Lipinski definition) is 1. The first-order valence-corrected chi connectivity index (χ1v) is 9.09. The van der Waals surface area contributed by atoms with Crippen LogP contribution in [-0.2, 0) is 20.7 Å². The maximum Gasteiger partial charge on any atom is 0.348 e. The summed E-state index contributed by atoms with van der Waals surface area (Å²) in [6, 6.07) is 8.08. The number of ether oxygens (including phenoxy) is 2. The molecule has 1 aromatic carbocycles. The molecule has 0 aliphatic heterocycles. The topological polar surface area (TPSA) is 81.7 Å². The molecule has 0 bridgehead atoms. The van der Waals surface area contributed by atoms with Crippen molar-refractivity contribution in [3.05, 3.63) is 51.2 Å². The van der Waals surface area contributed by atoms with Crippen molar-refractivity contribution >= 4 is 34.9 Å². The number of nitrogens with one attached hydrogen (secondary N) is 1. The van der Waals surface area contributed by atoms with E-state index in [2.05, 4.69) is 5.32 Å². The van der Waals surface area contributed by atoms with Gasteiger partial charge >= 0.3 is 11.9 Å². The lowest BCUT2D eigenvalue weighted by Gasteiger charge is -2.07. The summed E-state index contributed by atoms with van der Waals surface area (Å²) < 4.78 is 9.95. The maximum atomic E-state index is 12.0. The van der Waals surface area contributed by atoms with Crippen molar-refractivity contribution in [2.45, 2.75) is 27.2 Å². The van der Waals surface area contributed by atoms with Crippen molar-refractivity contribution in [3.63, 3.8) is 0 Å². The number of aryl methyl sites for hydroxylation is 2. The molecule has 0 fully saturated rings. The number of carbonyl (C=O) groups excluding carboxylic acids is 3. The molecule has 1 heterocycles. The third-order valence-electron chi connectivity index (χ3n) is 3.62. The molecule has 7 heteroatoms. The number of rotatable bonds is 7. The summed E-state index contributed by atoms with van der Waals surface area (Å²) in [7, 11) is 0. The molecule has 1 aromatic heterocycles. The average molecular weight is 375 g/mol. The minimum Gasteiger partial charge on any atom is -0.462 e. The maximum absolute atomic E-state index is 12.0. The van der Waals surface area contributed by atoms with Gasteiger partial charge in [0.2, 0.25) is 0 Å². The zero-order valence-electron chi connectivity index (χ0n) is 15.0. The van der Waals surface area contributed by atoms with Crippen LogP contribution in [0.4, 0.5) is 5.69 Å². The minimum absolute atomic E-state index is 0.298. The summed E-state index contributed by atoms with van der Waals surface area (Å²) >= 11 is 1.36. The van der Waals surface area contributed by atoms with Crippen LogP contribution in [0.15, 0.2) is 30.3 Å². The summed E-state index contributed by atoms with van der Waals surface area (Å²) in [6.45, 7) is 5.62. The number of thiophene rings is 1. The van der Waals surface area contributed by atoms with Crippen molar-refractivity contribution < 1.29 is 23.9 Å². The number of hydrogen-bond acceptors (Lipinski definition) is 6. The van der Waals surface area contributed by atoms with Gasteiger partial charge in [-0.25, -0.2) is 9.59 Å². The number of carbonyl (C=O) groups is 3. The molecule has 0 saturated heterocycles. The molecule has 0 aliphatic carbocycles. The molecule has 0 unspecified atom stereocenters. The van der Waals surface area contributed by atoms with Crippen LogP contribution in [0.1, 0.15) is 44.3 Å². The van der Waals surface area contributed by atoms with E-state index in [1.54, 1.807) is 37.3 Å². The van der Waals surface area contributed by atoms with E-state index < -0.39 is 17.8 Å². The van der Waals surface area contributed by atoms with Crippen LogP contribution >= 0.6 is 11.3 Å². The Morgan fingerprint density at radius 1 is 1.04 bits per heavy atom. The second-order valence-electron chi connectivity index (χ2n) is 5.47. The van der Waals surface area contributed by atoms with E-state index in [1.165, 1.54) is 11.3 Å². The molecule has 2 rings (SSSR count). The van der Waals surface area contributed by atoms with Crippen LogP contribution in [0.3, 0.4) is 0 Å². The van der Waals surface area contributed by atoms with E-state index in [4.69, 9.17) is 9.47 Å². The van der Waals surface area contributed by atoms with Gasteiger partial charge < -0.3 is 14.8 Å². The zero-order valence-corrected chi connectivity index (χ0v) is 15.8. The fourth-order valence-electron chi connectivity index (χ4n) is 2.27. The smallest absolute Gasteiger partial charge is 0.348 e. The van der Waals surface area contributed by atoms with Gasteiger partial charge in [0, 0.05) is 10.6 Å². The van der Waals surface area contributed by atoms with Gasteiger partial charge in [0.05, 0.1) is 12.2 Å². The van der Waals surface area contributed by atoms with Gasteiger partial charge in [-0.2, -0.15) is 0 Å². The fourth-order valence-corrected chi connectivity index (χ4v) is 3.28. The lowest BCUT2D eigenvalue weighted by Crippen LogP contribution is -2.20. The third-order valence-corrected chi connectivity index (χ3v) is 4.69. The average Bonchev–Trinajstić information content (AvgIpc) is 3.01. The molecule has 1 amide bonds. The second-order valence-corrected chi connectivity index (χ2v) is 6.72. The molecule has 1 N–H and O–H groups in total. The summed E-state index contributed by atoms with van der Waals surface area (Å²) in [5.74, 6) is -1.38. The molecule has 0 aliphatic rings. The first-order valence-electron chi connectivity index (χ1n) is 8.28. The molecular formula is C19H21NO5S. The molecular weight excluding hydrogens is 354 g/mol. The predicted octanol–water partition coefficient (Wildman–Crippen LogP) is 3.59. The van der Waals surface area contributed by atoms with Crippen LogP contribution < -0.4 is 5.32 Å². The molecule has 6 nitrogen and oxygen atoms in total. The van der Waals surface area contributed by atoms with Crippen molar-refractivity contribution in [2.24, 2.45) is 0 Å². The quantitative estimate of drug-likeness (QED) is 0.748. The number of esters is 2. The van der Waals surface area contributed by atoms with E-state index in [9.17, 15) is 14.4 Å². The normalized spacial score (nSPS) is 10.3. The fraction of sp³-hybridized carbons (Fsp3) is 0.316. The summed E-state index contributed by atoms with van der Waals surface area (Å²) in [4.78, 5) is 37.1. The van der Waals surface area contributed by atoms with Crippen molar-refractivity contribution in [1.29, 1.82) is 0 Å². The third kappa shape index (κ3) is 5.16. The van der Waals surface area contributed by atoms with Crippen molar-refractivity contribution in [3.8, 4) is 0 Å². The summed E-state index contributed by atoms with van der Waals surface area (Å²) in [6.07, 6.45) is 0.845. The van der Waals surface area contributed by atoms with E-state index >= 15 is 0 Å². The Bertz CT molecular complexity index is 795. The molecule has 0 saturated carbocycles. The highest BCUT2D eigenvalue weighted by atomic mass is 32.1. The second kappa shape index (κ2) is 9.15. The van der Waals surface area contributed by atoms with E-state index in [0.29, 0.717) is 22.7 Å². The van der Waals surface area contributed by atoms with Gasteiger partial charge in [-0.1, -0.05) is 6.92 Å². The first-order chi connectivity index (χ1) is 12.4. The Kier molecular flexibility index (Phi) is 6.91. The minimum atomic E-state index is -0.509. The van der Waals surface area contributed by atoms with Gasteiger partial charge in [-0.3, -0.25) is 4.79 Å². The molecule has 0 spiro atoms. The number of amides is 1. The number of anilines is 1. The number of benzene rings is 1. The van der Waals surface area contributed by atoms with E-state index in [1.807, 2.05) is 13.8 Å². The monoisotopic (exact) mass is 375 g/mol. The van der Waals surface area contributed by atoms with Crippen LogP contribution in [-0.4, -0.2) is 31.1 Å². The highest BCUT2D eigenvalue weighted by molar-refractivity contribution is 7.14. The van der Waals surface area contributed by atoms with Gasteiger partial charge in [0.1, 0.15) is 4.88 Å². The lowest BCUT2D eigenvalue weighted by molar-refractivity contribution is -0.119. The predicted molar refractivity (Wildman–Crippen MR) is 99.7 cm³/mol. The summed E-state index contributed by atoms with van der Waals surface area (Å²) in [5, 5.41) is 2.61. The SMILES string of the molecule is CCOC(=O)c1ccc(NC(=O)COC(=O)c2cc(CC)c(C)s2)cc1. The van der Waals surface area contributed by atoms with Crippen molar-refractivity contribution in [1.82, 2.24) is 0 Å². The molecule has 2 aromatic rings. The van der Waals surface area contributed by atoms with Gasteiger partial charge in [-0.05, 0) is 56.2 Å². The Balaban J connectivity index is 1.86. The Morgan fingerprint density at radius 3 is 2.31 bits per heavy atom. The lowest BCUT2D eigenvalue weighted by atomic mass is 10.2. The van der Waals surface area contributed by atoms with E-state index in [0.717, 1.165) is 16.9 Å². The molecule has 26 heavy (non-hydrogen) atoms. The highest BCUT2D eigenvalue weighted by Crippen LogP contribution is 2.22.